The molecule has 1 aromatic carbocycles. The summed E-state index contributed by atoms with van der Waals surface area (Å²) in [6, 6.07) is 13.1. The van der Waals surface area contributed by atoms with Crippen LogP contribution in [0.4, 0.5) is 14.6 Å². The van der Waals surface area contributed by atoms with Crippen LogP contribution in [0.5, 0.6) is 0 Å². The maximum Gasteiger partial charge on any atom is 0.311 e. The average molecular weight is 443 g/mol. The number of alkyl halides is 2. The van der Waals surface area contributed by atoms with Crippen molar-refractivity contribution < 1.29 is 18.7 Å². The first-order valence-electron chi connectivity index (χ1n) is 11.8. The zero-order chi connectivity index (χ0) is 22.6. The molecular formula is C26H32F2N2O2. The number of halogens is 2. The fourth-order valence-electron chi connectivity index (χ4n) is 5.36. The van der Waals surface area contributed by atoms with Crippen molar-refractivity contribution in [3.63, 3.8) is 0 Å². The molecule has 1 aliphatic heterocycles. The number of anilines is 1. The van der Waals surface area contributed by atoms with Gasteiger partial charge in [-0.2, -0.15) is 0 Å². The number of hydrogen-bond acceptors (Lipinski definition) is 3. The van der Waals surface area contributed by atoms with Crippen LogP contribution in [0.25, 0.3) is 0 Å². The number of aliphatic carboxylic acids is 1. The van der Waals surface area contributed by atoms with Crippen LogP contribution in [0.2, 0.25) is 0 Å². The number of unbranched alkanes of at least 4 members (excludes halogenated alkanes) is 1. The van der Waals surface area contributed by atoms with Crippen LogP contribution in [-0.2, 0) is 17.6 Å². The third-order valence-corrected chi connectivity index (χ3v) is 7.11. The Morgan fingerprint density at radius 3 is 2.75 bits per heavy atom. The van der Waals surface area contributed by atoms with Crippen LogP contribution in [0.3, 0.4) is 0 Å². The Labute approximate surface area is 188 Å². The Kier molecular flexibility index (Phi) is 7.07. The van der Waals surface area contributed by atoms with Crippen molar-refractivity contribution in [3.8, 4) is 0 Å². The van der Waals surface area contributed by atoms with Crippen LogP contribution in [0.1, 0.15) is 67.7 Å². The molecule has 2 N–H and O–H groups in total. The minimum Gasteiger partial charge on any atom is -0.481 e. The Balaban J connectivity index is 1.28. The third-order valence-electron chi connectivity index (χ3n) is 7.11. The molecule has 2 heterocycles. The van der Waals surface area contributed by atoms with Gasteiger partial charge in [-0.1, -0.05) is 36.4 Å². The molecule has 1 saturated carbocycles. The van der Waals surface area contributed by atoms with E-state index in [0.29, 0.717) is 37.7 Å². The minimum atomic E-state index is -2.75. The number of carboxylic acid groups (broad SMARTS) is 1. The number of carboxylic acids is 1. The van der Waals surface area contributed by atoms with E-state index in [1.807, 2.05) is 12.1 Å². The molecule has 2 unspecified atom stereocenters. The number of fused-ring (bicyclic) bond motifs is 1. The van der Waals surface area contributed by atoms with Gasteiger partial charge in [-0.25, -0.2) is 13.8 Å². The van der Waals surface area contributed by atoms with Crippen molar-refractivity contribution >= 4 is 11.8 Å². The summed E-state index contributed by atoms with van der Waals surface area (Å²) in [4.78, 5) is 16.5. The largest absolute Gasteiger partial charge is 0.481 e. The van der Waals surface area contributed by atoms with Gasteiger partial charge in [0.1, 0.15) is 5.82 Å². The Morgan fingerprint density at radius 1 is 1.16 bits per heavy atom. The minimum absolute atomic E-state index is 0.142. The topological polar surface area (TPSA) is 62.2 Å². The normalized spacial score (nSPS) is 21.6. The lowest BCUT2D eigenvalue weighted by molar-refractivity contribution is -0.140. The fraction of sp³-hybridized carbons (Fsp3) is 0.538. The Bertz CT molecular complexity index is 919. The third kappa shape index (κ3) is 5.28. The standard InChI is InChI=1S/C26H32F2N2O2/c27-26(28,15-5-4-10-22-14-12-19-9-6-16-29-24(19)30-22)21-13-11-20(17-21)23(25(31)32)18-7-2-1-3-8-18/h1-3,7-8,12,14,20-21,23H,4-6,9-11,13,15-17H2,(H,29,30)(H,31,32)/t20?,21?,23-/m0/s1. The quantitative estimate of drug-likeness (QED) is 0.463. The highest BCUT2D eigenvalue weighted by atomic mass is 19.3. The van der Waals surface area contributed by atoms with Gasteiger partial charge in [0.15, 0.2) is 0 Å². The first kappa shape index (κ1) is 22.7. The first-order valence-corrected chi connectivity index (χ1v) is 11.8. The molecule has 4 nitrogen and oxygen atoms in total. The highest BCUT2D eigenvalue weighted by Gasteiger charge is 2.46. The van der Waals surface area contributed by atoms with Crippen LogP contribution in [0, 0.1) is 11.8 Å². The lowest BCUT2D eigenvalue weighted by Gasteiger charge is -2.25. The van der Waals surface area contributed by atoms with Crippen LogP contribution >= 0.6 is 0 Å². The lowest BCUT2D eigenvalue weighted by atomic mass is 9.83. The molecule has 0 saturated heterocycles. The number of hydrogen-bond donors (Lipinski definition) is 2. The molecule has 1 fully saturated rings. The Hall–Kier alpha value is -2.50. The van der Waals surface area contributed by atoms with Crippen molar-refractivity contribution in [2.45, 2.75) is 69.6 Å². The van der Waals surface area contributed by atoms with E-state index in [4.69, 9.17) is 0 Å². The molecular weight excluding hydrogens is 410 g/mol. The van der Waals surface area contributed by atoms with Crippen LogP contribution < -0.4 is 5.32 Å². The molecule has 172 valence electrons. The molecule has 1 aromatic heterocycles. The van der Waals surface area contributed by atoms with Crippen molar-refractivity contribution in [1.82, 2.24) is 4.98 Å². The van der Waals surface area contributed by atoms with Crippen molar-refractivity contribution in [2.24, 2.45) is 11.8 Å². The van der Waals surface area contributed by atoms with E-state index in [0.717, 1.165) is 30.9 Å². The van der Waals surface area contributed by atoms with E-state index >= 15 is 0 Å². The van der Waals surface area contributed by atoms with Gasteiger partial charge in [-0.3, -0.25) is 4.79 Å². The van der Waals surface area contributed by atoms with E-state index in [1.165, 1.54) is 5.56 Å². The van der Waals surface area contributed by atoms with Gasteiger partial charge < -0.3 is 10.4 Å². The number of benzene rings is 1. The molecule has 6 heteroatoms. The highest BCUT2D eigenvalue weighted by molar-refractivity contribution is 5.76. The first-order chi connectivity index (χ1) is 15.4. The summed E-state index contributed by atoms with van der Waals surface area (Å²) in [5.41, 5.74) is 2.90. The van der Waals surface area contributed by atoms with Crippen LogP contribution in [-0.4, -0.2) is 28.5 Å². The number of rotatable bonds is 9. The van der Waals surface area contributed by atoms with E-state index in [2.05, 4.69) is 16.4 Å². The number of nitrogens with zero attached hydrogens (tertiary/aromatic N) is 1. The molecule has 0 bridgehead atoms. The monoisotopic (exact) mass is 442 g/mol. The zero-order valence-electron chi connectivity index (χ0n) is 18.4. The summed E-state index contributed by atoms with van der Waals surface area (Å²) in [6.07, 6.45) is 5.05. The summed E-state index contributed by atoms with van der Waals surface area (Å²) in [7, 11) is 0. The van der Waals surface area contributed by atoms with Gasteiger partial charge in [0.05, 0.1) is 5.92 Å². The smallest absolute Gasteiger partial charge is 0.311 e. The second-order valence-electron chi connectivity index (χ2n) is 9.31. The molecule has 2 aliphatic rings. The lowest BCUT2D eigenvalue weighted by Crippen LogP contribution is -2.27. The summed E-state index contributed by atoms with van der Waals surface area (Å²) in [5.74, 6) is -4.40. The fourth-order valence-corrected chi connectivity index (χ4v) is 5.36. The van der Waals surface area contributed by atoms with E-state index in [9.17, 15) is 18.7 Å². The second-order valence-corrected chi connectivity index (χ2v) is 9.31. The van der Waals surface area contributed by atoms with Crippen molar-refractivity contribution in [3.05, 3.63) is 59.3 Å². The molecule has 4 rings (SSSR count). The van der Waals surface area contributed by atoms with Crippen molar-refractivity contribution in [2.75, 3.05) is 11.9 Å². The van der Waals surface area contributed by atoms with Gasteiger partial charge in [0.2, 0.25) is 0 Å². The van der Waals surface area contributed by atoms with E-state index in [-0.39, 0.29) is 18.8 Å². The highest BCUT2D eigenvalue weighted by Crippen LogP contribution is 2.47. The molecule has 32 heavy (non-hydrogen) atoms. The number of aromatic nitrogens is 1. The van der Waals surface area contributed by atoms with Crippen molar-refractivity contribution in [1.29, 1.82) is 0 Å². The molecule has 2 aromatic rings. The average Bonchev–Trinajstić information content (AvgIpc) is 3.28. The molecule has 0 amide bonds. The van der Waals surface area contributed by atoms with Gasteiger partial charge in [0, 0.05) is 24.6 Å². The van der Waals surface area contributed by atoms with E-state index < -0.39 is 23.7 Å². The maximum atomic E-state index is 14.9. The number of nitrogens with one attached hydrogen (secondary N) is 1. The summed E-state index contributed by atoms with van der Waals surface area (Å²) in [5, 5.41) is 13.0. The number of pyridine rings is 1. The number of carbonyl (C=O) groups is 1. The van der Waals surface area contributed by atoms with Gasteiger partial charge in [-0.15, -0.1) is 0 Å². The van der Waals surface area contributed by atoms with E-state index in [1.54, 1.807) is 24.3 Å². The van der Waals surface area contributed by atoms with Crippen LogP contribution in [0.15, 0.2) is 42.5 Å². The predicted octanol–water partition coefficient (Wildman–Crippen LogP) is 6.07. The maximum absolute atomic E-state index is 14.9. The number of aryl methyl sites for hydroxylation is 2. The molecule has 0 radical (unpaired) electrons. The molecule has 3 atom stereocenters. The summed E-state index contributed by atoms with van der Waals surface area (Å²) < 4.78 is 29.9. The zero-order valence-corrected chi connectivity index (χ0v) is 18.4. The molecule has 1 aliphatic carbocycles. The summed E-state index contributed by atoms with van der Waals surface area (Å²) >= 11 is 0. The van der Waals surface area contributed by atoms with Gasteiger partial charge in [0.25, 0.3) is 5.92 Å². The van der Waals surface area contributed by atoms with Gasteiger partial charge >= 0.3 is 5.97 Å². The second kappa shape index (κ2) is 9.97. The predicted molar refractivity (Wildman–Crippen MR) is 121 cm³/mol. The molecule has 0 spiro atoms. The summed E-state index contributed by atoms with van der Waals surface area (Å²) in [6.45, 7) is 0.936. The Morgan fingerprint density at radius 2 is 1.97 bits per heavy atom. The SMILES string of the molecule is O=C(O)[C@@H](c1ccccc1)C1CCC(C(F)(F)CCCCc2ccc3c(n2)NCCC3)C1. The van der Waals surface area contributed by atoms with Gasteiger partial charge in [-0.05, 0) is 74.5 Å².